The van der Waals surface area contributed by atoms with Gasteiger partial charge in [-0.3, -0.25) is 9.47 Å². The molecule has 134 valence electrons. The fraction of sp³-hybridized carbons (Fsp3) is 0.444. The van der Waals surface area contributed by atoms with Crippen molar-refractivity contribution in [1.29, 1.82) is 0 Å². The molecule has 0 unspecified atom stereocenters. The monoisotopic (exact) mass is 378 g/mol. The van der Waals surface area contributed by atoms with Crippen molar-refractivity contribution in [2.75, 3.05) is 20.2 Å². The molecule has 1 aliphatic rings. The lowest BCUT2D eigenvalue weighted by Gasteiger charge is -2.16. The fourth-order valence-electron chi connectivity index (χ4n) is 2.64. The first-order valence-electron chi connectivity index (χ1n) is 8.44. The number of aromatic nitrogens is 3. The molecule has 0 spiro atoms. The number of allylic oxidation sites excluding steroid dienone is 1. The van der Waals surface area contributed by atoms with Crippen LogP contribution in [0.2, 0.25) is 5.02 Å². The number of nitrogens with zero attached hydrogens (tertiary/aromatic N) is 4. The average molecular weight is 379 g/mol. The molecule has 1 aliphatic carbocycles. The Morgan fingerprint density at radius 2 is 2.12 bits per heavy atom. The molecule has 0 radical (unpaired) electrons. The van der Waals surface area contributed by atoms with Crippen LogP contribution < -0.4 is 4.74 Å². The molecule has 0 saturated heterocycles. The zero-order valence-electron chi connectivity index (χ0n) is 14.4. The summed E-state index contributed by atoms with van der Waals surface area (Å²) in [5.41, 5.74) is 0. The summed E-state index contributed by atoms with van der Waals surface area (Å²) in [4.78, 5) is 2.15. The number of hydrogen-bond acceptors (Lipinski definition) is 4. The third-order valence-corrected chi connectivity index (χ3v) is 4.82. The van der Waals surface area contributed by atoms with E-state index in [4.69, 9.17) is 33.7 Å². The first-order valence-corrected chi connectivity index (χ1v) is 9.22. The van der Waals surface area contributed by atoms with Gasteiger partial charge in [0.05, 0.1) is 6.67 Å². The molecular weight excluding hydrogens is 356 g/mol. The van der Waals surface area contributed by atoms with Crippen LogP contribution in [0.15, 0.2) is 36.9 Å². The van der Waals surface area contributed by atoms with Crippen LogP contribution in [0.4, 0.5) is 0 Å². The maximum absolute atomic E-state index is 5.87. The molecule has 0 atom stereocenters. The van der Waals surface area contributed by atoms with E-state index in [1.54, 1.807) is 0 Å². The number of halogens is 1. The maximum atomic E-state index is 5.87. The third kappa shape index (κ3) is 4.71. The van der Waals surface area contributed by atoms with Crippen LogP contribution in [-0.4, -0.2) is 39.4 Å². The predicted octanol–water partition coefficient (Wildman–Crippen LogP) is 4.10. The van der Waals surface area contributed by atoms with Crippen molar-refractivity contribution in [3.63, 3.8) is 0 Å². The molecule has 2 aromatic rings. The normalized spacial score (nSPS) is 14.0. The van der Waals surface area contributed by atoms with Gasteiger partial charge in [-0.1, -0.05) is 17.7 Å². The highest BCUT2D eigenvalue weighted by Crippen LogP contribution is 2.39. The second kappa shape index (κ2) is 8.17. The van der Waals surface area contributed by atoms with E-state index >= 15 is 0 Å². The van der Waals surface area contributed by atoms with Gasteiger partial charge in [-0.05, 0) is 56.4 Å². The van der Waals surface area contributed by atoms with Crippen LogP contribution in [0.3, 0.4) is 0 Å². The van der Waals surface area contributed by atoms with E-state index in [2.05, 4.69) is 16.0 Å². The summed E-state index contributed by atoms with van der Waals surface area (Å²) in [6, 6.07) is 7.39. The zero-order valence-corrected chi connectivity index (χ0v) is 16.0. The molecule has 0 N–H and O–H groups in total. The van der Waals surface area contributed by atoms with E-state index in [-0.39, 0.29) is 0 Å². The fourth-order valence-corrected chi connectivity index (χ4v) is 3.04. The molecule has 3 rings (SSSR count). The predicted molar refractivity (Wildman–Crippen MR) is 103 cm³/mol. The average Bonchev–Trinajstić information content (AvgIpc) is 3.39. The van der Waals surface area contributed by atoms with E-state index in [1.165, 1.54) is 12.8 Å². The lowest BCUT2D eigenvalue weighted by molar-refractivity contribution is 0.197. The van der Waals surface area contributed by atoms with Gasteiger partial charge in [-0.25, -0.2) is 4.68 Å². The second-order valence-corrected chi connectivity index (χ2v) is 7.14. The van der Waals surface area contributed by atoms with Gasteiger partial charge in [0.2, 0.25) is 0 Å². The van der Waals surface area contributed by atoms with Crippen molar-refractivity contribution in [2.24, 2.45) is 0 Å². The van der Waals surface area contributed by atoms with Crippen molar-refractivity contribution in [3.05, 3.63) is 52.5 Å². The quantitative estimate of drug-likeness (QED) is 0.486. The lowest BCUT2D eigenvalue weighted by atomic mass is 10.3. The van der Waals surface area contributed by atoms with Crippen molar-refractivity contribution >= 4 is 23.8 Å². The molecular formula is C18H23ClN4OS. The number of likely N-dealkylation sites (N-methyl/N-ethyl adjacent to an activating group) is 1. The lowest BCUT2D eigenvalue weighted by Crippen LogP contribution is -2.27. The Morgan fingerprint density at radius 3 is 2.76 bits per heavy atom. The zero-order chi connectivity index (χ0) is 17.8. The number of benzene rings is 1. The van der Waals surface area contributed by atoms with Crippen LogP contribution >= 0.6 is 23.8 Å². The summed E-state index contributed by atoms with van der Waals surface area (Å²) in [5.74, 6) is 2.47. The Labute approximate surface area is 158 Å². The summed E-state index contributed by atoms with van der Waals surface area (Å²) in [5, 5.41) is 5.45. The molecule has 7 heteroatoms. The highest BCUT2D eigenvalue weighted by molar-refractivity contribution is 7.71. The van der Waals surface area contributed by atoms with E-state index in [0.29, 0.717) is 30.8 Å². The minimum absolute atomic E-state index is 0.557. The van der Waals surface area contributed by atoms with Gasteiger partial charge in [0.25, 0.3) is 0 Å². The molecule has 1 saturated carbocycles. The molecule has 0 bridgehead atoms. The first-order chi connectivity index (χ1) is 12.1. The Balaban J connectivity index is 1.56. The highest BCUT2D eigenvalue weighted by atomic mass is 35.5. The molecule has 0 amide bonds. The Hall–Kier alpha value is -1.63. The molecule has 25 heavy (non-hydrogen) atoms. The van der Waals surface area contributed by atoms with Crippen molar-refractivity contribution in [1.82, 2.24) is 19.2 Å². The minimum Gasteiger partial charge on any atom is -0.492 e. The topological polar surface area (TPSA) is 35.2 Å². The van der Waals surface area contributed by atoms with Crippen LogP contribution in [-0.2, 0) is 13.2 Å². The number of ether oxygens (including phenoxy) is 1. The highest BCUT2D eigenvalue weighted by Gasteiger charge is 2.29. The summed E-state index contributed by atoms with van der Waals surface area (Å²) in [7, 11) is 2.04. The van der Waals surface area contributed by atoms with Crippen LogP contribution in [0, 0.1) is 4.77 Å². The largest absolute Gasteiger partial charge is 0.492 e. The molecule has 1 fully saturated rings. The molecule has 1 aromatic carbocycles. The van der Waals surface area contributed by atoms with E-state index in [0.717, 1.165) is 22.9 Å². The van der Waals surface area contributed by atoms with E-state index in [1.807, 2.05) is 42.1 Å². The minimum atomic E-state index is 0.557. The Bertz CT molecular complexity index is 779. The summed E-state index contributed by atoms with van der Waals surface area (Å²) in [6.45, 7) is 6.55. The maximum Gasteiger partial charge on any atom is 0.199 e. The van der Waals surface area contributed by atoms with E-state index < -0.39 is 0 Å². The van der Waals surface area contributed by atoms with Crippen LogP contribution in [0.25, 0.3) is 0 Å². The SMILES string of the molecule is C=CCn1c(C2CC2)nn(CN(C)CCOc2ccc(Cl)cc2)c1=S. The molecule has 1 aromatic heterocycles. The summed E-state index contributed by atoms with van der Waals surface area (Å²) in [6.07, 6.45) is 4.28. The van der Waals surface area contributed by atoms with Gasteiger partial charge < -0.3 is 4.74 Å². The Kier molecular flexibility index (Phi) is 5.93. The summed E-state index contributed by atoms with van der Waals surface area (Å²) >= 11 is 11.5. The number of hydrogen-bond donors (Lipinski definition) is 0. The van der Waals surface area contributed by atoms with Crippen molar-refractivity contribution in [3.8, 4) is 5.75 Å². The van der Waals surface area contributed by atoms with Crippen LogP contribution in [0.5, 0.6) is 5.75 Å². The first kappa shape index (κ1) is 18.2. The van der Waals surface area contributed by atoms with Gasteiger partial charge in [-0.15, -0.1) is 6.58 Å². The number of rotatable bonds is 9. The second-order valence-electron chi connectivity index (χ2n) is 6.34. The van der Waals surface area contributed by atoms with Gasteiger partial charge in [-0.2, -0.15) is 5.10 Å². The van der Waals surface area contributed by atoms with Crippen LogP contribution in [0.1, 0.15) is 24.6 Å². The molecule has 5 nitrogen and oxygen atoms in total. The van der Waals surface area contributed by atoms with Gasteiger partial charge in [0, 0.05) is 24.0 Å². The standard InChI is InChI=1S/C18H23ClN4OS/c1-3-10-22-17(14-4-5-14)20-23(18(22)25)13-21(2)11-12-24-16-8-6-15(19)7-9-16/h3,6-9,14H,1,4-5,10-13H2,2H3. The van der Waals surface area contributed by atoms with Crippen molar-refractivity contribution < 1.29 is 4.74 Å². The van der Waals surface area contributed by atoms with E-state index in [9.17, 15) is 0 Å². The van der Waals surface area contributed by atoms with Gasteiger partial charge in [0.1, 0.15) is 18.2 Å². The third-order valence-electron chi connectivity index (χ3n) is 4.14. The van der Waals surface area contributed by atoms with Gasteiger partial charge in [0.15, 0.2) is 4.77 Å². The Morgan fingerprint density at radius 1 is 1.40 bits per heavy atom. The molecule has 0 aliphatic heterocycles. The smallest absolute Gasteiger partial charge is 0.199 e. The van der Waals surface area contributed by atoms with Crippen molar-refractivity contribution in [2.45, 2.75) is 32.0 Å². The van der Waals surface area contributed by atoms with Gasteiger partial charge >= 0.3 is 0 Å². The summed E-state index contributed by atoms with van der Waals surface area (Å²) < 4.78 is 10.5. The molecule has 1 heterocycles.